The lowest BCUT2D eigenvalue weighted by Gasteiger charge is -2.09. The molecular weight excluding hydrogens is 176 g/mol. The second-order valence-corrected chi connectivity index (χ2v) is 2.36. The van der Waals surface area contributed by atoms with Crippen molar-refractivity contribution in [2.45, 2.75) is 6.29 Å². The van der Waals surface area contributed by atoms with Crippen molar-refractivity contribution in [2.75, 3.05) is 47.3 Å². The standard InChI is InChI=1S/C8H17O5/c1-10-3-5-12-7-8(9)13-6-4-11-2/h8H,3-7H2,1-2H3. The molecule has 0 N–H and O–H groups in total. The first kappa shape index (κ1) is 12.8. The predicted octanol–water partition coefficient (Wildman–Crippen LogP) is 0.0690. The van der Waals surface area contributed by atoms with E-state index in [4.69, 9.17) is 18.9 Å². The summed E-state index contributed by atoms with van der Waals surface area (Å²) in [7, 11) is 3.13. The first-order chi connectivity index (χ1) is 6.31. The lowest BCUT2D eigenvalue weighted by Crippen LogP contribution is -2.21. The summed E-state index contributed by atoms with van der Waals surface area (Å²) >= 11 is 0. The maximum absolute atomic E-state index is 10.9. The Morgan fingerprint density at radius 2 is 1.62 bits per heavy atom. The molecule has 0 saturated carbocycles. The molecule has 0 rings (SSSR count). The lowest BCUT2D eigenvalue weighted by atomic mass is 10.6. The van der Waals surface area contributed by atoms with E-state index < -0.39 is 6.29 Å². The zero-order chi connectivity index (χ0) is 9.94. The molecule has 0 bridgehead atoms. The normalized spacial score (nSPS) is 13.2. The van der Waals surface area contributed by atoms with Crippen LogP contribution in [0.2, 0.25) is 0 Å². The van der Waals surface area contributed by atoms with Gasteiger partial charge < -0.3 is 18.9 Å². The molecule has 79 valence electrons. The average molecular weight is 193 g/mol. The van der Waals surface area contributed by atoms with Gasteiger partial charge in [0.1, 0.15) is 6.61 Å². The molecule has 0 aliphatic heterocycles. The van der Waals surface area contributed by atoms with E-state index in [0.717, 1.165) is 0 Å². The first-order valence-electron chi connectivity index (χ1n) is 4.14. The Hall–Kier alpha value is -0.200. The zero-order valence-corrected chi connectivity index (χ0v) is 8.15. The Kier molecular flexibility index (Phi) is 9.73. The van der Waals surface area contributed by atoms with Crippen LogP contribution in [0.15, 0.2) is 0 Å². The summed E-state index contributed by atoms with van der Waals surface area (Å²) in [6, 6.07) is 0. The van der Waals surface area contributed by atoms with Gasteiger partial charge in [0, 0.05) is 14.2 Å². The summed E-state index contributed by atoms with van der Waals surface area (Å²) in [6.45, 7) is 1.69. The molecule has 1 atom stereocenters. The number of hydrogen-bond acceptors (Lipinski definition) is 4. The smallest absolute Gasteiger partial charge is 0.215 e. The average Bonchev–Trinajstić information content (AvgIpc) is 2.13. The van der Waals surface area contributed by atoms with E-state index in [1.807, 2.05) is 0 Å². The van der Waals surface area contributed by atoms with Gasteiger partial charge in [0.15, 0.2) is 0 Å². The van der Waals surface area contributed by atoms with Crippen molar-refractivity contribution in [1.82, 2.24) is 0 Å². The summed E-state index contributed by atoms with van der Waals surface area (Å²) in [4.78, 5) is 0. The molecule has 5 heteroatoms. The molecule has 1 unspecified atom stereocenters. The van der Waals surface area contributed by atoms with Crippen molar-refractivity contribution >= 4 is 0 Å². The number of hydrogen-bond donors (Lipinski definition) is 0. The van der Waals surface area contributed by atoms with Crippen LogP contribution in [0.25, 0.3) is 0 Å². The molecule has 1 radical (unpaired) electrons. The molecular formula is C8H17O5. The van der Waals surface area contributed by atoms with Crippen LogP contribution in [0, 0.1) is 0 Å². The zero-order valence-electron chi connectivity index (χ0n) is 8.15. The SMILES string of the molecule is COCCOCC([O])OCCOC. The molecule has 0 aliphatic carbocycles. The highest BCUT2D eigenvalue weighted by Gasteiger charge is 2.05. The lowest BCUT2D eigenvalue weighted by molar-refractivity contribution is -0.178. The van der Waals surface area contributed by atoms with Crippen LogP contribution < -0.4 is 0 Å². The third-order valence-electron chi connectivity index (χ3n) is 1.28. The molecule has 0 heterocycles. The van der Waals surface area contributed by atoms with Crippen LogP contribution in [0.5, 0.6) is 0 Å². The second kappa shape index (κ2) is 9.88. The highest BCUT2D eigenvalue weighted by Crippen LogP contribution is 1.89. The monoisotopic (exact) mass is 193 g/mol. The fourth-order valence-corrected chi connectivity index (χ4v) is 0.633. The van der Waals surface area contributed by atoms with Crippen molar-refractivity contribution in [1.29, 1.82) is 0 Å². The largest absolute Gasteiger partial charge is 0.382 e. The van der Waals surface area contributed by atoms with Crippen molar-refractivity contribution in [2.24, 2.45) is 0 Å². The Morgan fingerprint density at radius 3 is 2.23 bits per heavy atom. The molecule has 0 amide bonds. The van der Waals surface area contributed by atoms with E-state index in [0.29, 0.717) is 26.4 Å². The Labute approximate surface area is 78.5 Å². The van der Waals surface area contributed by atoms with Gasteiger partial charge in [-0.1, -0.05) is 0 Å². The molecule has 0 saturated heterocycles. The summed E-state index contributed by atoms with van der Waals surface area (Å²) in [5.41, 5.74) is 0. The highest BCUT2D eigenvalue weighted by molar-refractivity contribution is 4.38. The van der Waals surface area contributed by atoms with Gasteiger partial charge in [-0.05, 0) is 0 Å². The molecule has 0 fully saturated rings. The van der Waals surface area contributed by atoms with Crippen molar-refractivity contribution in [3.63, 3.8) is 0 Å². The predicted molar refractivity (Wildman–Crippen MR) is 45.0 cm³/mol. The number of methoxy groups -OCH3 is 2. The highest BCUT2D eigenvalue weighted by atomic mass is 16.6. The van der Waals surface area contributed by atoms with Crippen molar-refractivity contribution in [3.05, 3.63) is 0 Å². The summed E-state index contributed by atoms with van der Waals surface area (Å²) < 4.78 is 19.2. The van der Waals surface area contributed by atoms with Crippen LogP contribution in [0.3, 0.4) is 0 Å². The molecule has 0 aromatic heterocycles. The maximum atomic E-state index is 10.9. The third-order valence-corrected chi connectivity index (χ3v) is 1.28. The fourth-order valence-electron chi connectivity index (χ4n) is 0.633. The van der Waals surface area contributed by atoms with Gasteiger partial charge in [-0.3, -0.25) is 0 Å². The van der Waals surface area contributed by atoms with Crippen molar-refractivity contribution in [3.8, 4) is 0 Å². The minimum absolute atomic E-state index is 0.0487. The Bertz CT molecular complexity index is 98.5. The van der Waals surface area contributed by atoms with Crippen LogP contribution >= 0.6 is 0 Å². The van der Waals surface area contributed by atoms with E-state index in [1.54, 1.807) is 14.2 Å². The van der Waals surface area contributed by atoms with Gasteiger partial charge in [0.05, 0.1) is 26.4 Å². The Balaban J connectivity index is 3.05. The summed E-state index contributed by atoms with van der Waals surface area (Å²) in [5.74, 6) is 0. The minimum Gasteiger partial charge on any atom is -0.382 e. The van der Waals surface area contributed by atoms with Gasteiger partial charge in [-0.15, -0.1) is 0 Å². The topological polar surface area (TPSA) is 56.8 Å². The molecule has 0 aliphatic rings. The number of rotatable bonds is 9. The second-order valence-electron chi connectivity index (χ2n) is 2.36. The summed E-state index contributed by atoms with van der Waals surface area (Å²) in [6.07, 6.45) is -1.13. The van der Waals surface area contributed by atoms with Gasteiger partial charge >= 0.3 is 0 Å². The molecule has 5 nitrogen and oxygen atoms in total. The van der Waals surface area contributed by atoms with Gasteiger partial charge in [0.2, 0.25) is 6.29 Å². The third kappa shape index (κ3) is 9.72. The van der Waals surface area contributed by atoms with Gasteiger partial charge in [-0.2, -0.15) is 5.11 Å². The van der Waals surface area contributed by atoms with E-state index >= 15 is 0 Å². The van der Waals surface area contributed by atoms with E-state index in [9.17, 15) is 5.11 Å². The molecule has 13 heavy (non-hydrogen) atoms. The quantitative estimate of drug-likeness (QED) is 0.384. The van der Waals surface area contributed by atoms with E-state index in [1.165, 1.54) is 0 Å². The molecule has 0 aromatic carbocycles. The molecule has 0 spiro atoms. The summed E-state index contributed by atoms with van der Waals surface area (Å²) in [5, 5.41) is 10.9. The maximum Gasteiger partial charge on any atom is 0.215 e. The van der Waals surface area contributed by atoms with E-state index in [-0.39, 0.29) is 6.61 Å². The van der Waals surface area contributed by atoms with Gasteiger partial charge in [0.25, 0.3) is 0 Å². The number of ether oxygens (including phenoxy) is 4. The van der Waals surface area contributed by atoms with Crippen LogP contribution in [-0.2, 0) is 24.1 Å². The Morgan fingerprint density at radius 1 is 1.00 bits per heavy atom. The van der Waals surface area contributed by atoms with Crippen LogP contribution in [-0.4, -0.2) is 53.5 Å². The minimum atomic E-state index is -1.13. The van der Waals surface area contributed by atoms with E-state index in [2.05, 4.69) is 0 Å². The van der Waals surface area contributed by atoms with Crippen molar-refractivity contribution < 1.29 is 24.1 Å². The first-order valence-corrected chi connectivity index (χ1v) is 4.14. The van der Waals surface area contributed by atoms with Crippen LogP contribution in [0.1, 0.15) is 0 Å². The van der Waals surface area contributed by atoms with Crippen LogP contribution in [0.4, 0.5) is 0 Å². The molecule has 0 aromatic rings. The fraction of sp³-hybridized carbons (Fsp3) is 1.00. The van der Waals surface area contributed by atoms with Gasteiger partial charge in [-0.25, -0.2) is 0 Å².